The number of halogens is 1. The first kappa shape index (κ1) is 21.0. The lowest BCUT2D eigenvalue weighted by molar-refractivity contribution is -0.128. The van der Waals surface area contributed by atoms with Crippen molar-refractivity contribution in [3.05, 3.63) is 59.4 Å². The van der Waals surface area contributed by atoms with Crippen LogP contribution in [0.1, 0.15) is 30.9 Å². The average molecular weight is 414 g/mol. The molecule has 1 heterocycles. The molecular formula is C22H24FN3O2S. The van der Waals surface area contributed by atoms with Crippen LogP contribution in [-0.4, -0.2) is 33.7 Å². The smallest absolute Gasteiger partial charge is 0.242 e. The zero-order chi connectivity index (χ0) is 21.0. The SMILES string of the molecule is CCCN1C(=O)[C@H](CC(=O)Nc2ccccc2F)SC1=Nc1ccc(C)c(C)c1. The molecular weight excluding hydrogens is 389 g/mol. The van der Waals surface area contributed by atoms with Gasteiger partial charge < -0.3 is 5.32 Å². The molecule has 0 unspecified atom stereocenters. The number of amidine groups is 1. The van der Waals surface area contributed by atoms with Crippen LogP contribution in [0.5, 0.6) is 0 Å². The van der Waals surface area contributed by atoms with E-state index in [1.807, 2.05) is 39.0 Å². The summed E-state index contributed by atoms with van der Waals surface area (Å²) in [6.07, 6.45) is 0.746. The molecule has 1 aliphatic heterocycles. The van der Waals surface area contributed by atoms with E-state index in [9.17, 15) is 14.0 Å². The zero-order valence-electron chi connectivity index (χ0n) is 16.7. The summed E-state index contributed by atoms with van der Waals surface area (Å²) in [5, 5.41) is 2.57. The molecule has 0 aromatic heterocycles. The van der Waals surface area contributed by atoms with E-state index >= 15 is 0 Å². The topological polar surface area (TPSA) is 61.8 Å². The highest BCUT2D eigenvalue weighted by atomic mass is 32.2. The van der Waals surface area contributed by atoms with Gasteiger partial charge in [-0.05, 0) is 55.7 Å². The third kappa shape index (κ3) is 5.03. The minimum atomic E-state index is -0.571. The molecule has 1 saturated heterocycles. The fourth-order valence-corrected chi connectivity index (χ4v) is 4.18. The second-order valence-electron chi connectivity index (χ2n) is 6.99. The van der Waals surface area contributed by atoms with Crippen LogP contribution in [0.15, 0.2) is 47.5 Å². The van der Waals surface area contributed by atoms with Gasteiger partial charge in [-0.15, -0.1) is 0 Å². The monoisotopic (exact) mass is 413 g/mol. The lowest BCUT2D eigenvalue weighted by Gasteiger charge is -2.15. The van der Waals surface area contributed by atoms with Crippen molar-refractivity contribution in [2.24, 2.45) is 4.99 Å². The number of nitrogens with zero attached hydrogens (tertiary/aromatic N) is 2. The molecule has 1 atom stereocenters. The second-order valence-corrected chi connectivity index (χ2v) is 8.16. The molecule has 1 N–H and O–H groups in total. The summed E-state index contributed by atoms with van der Waals surface area (Å²) in [6.45, 7) is 6.59. The molecule has 1 fully saturated rings. The number of benzene rings is 2. The van der Waals surface area contributed by atoms with Gasteiger partial charge in [-0.2, -0.15) is 0 Å². The van der Waals surface area contributed by atoms with Gasteiger partial charge >= 0.3 is 0 Å². The van der Waals surface area contributed by atoms with E-state index in [1.54, 1.807) is 17.0 Å². The number of amides is 2. The number of rotatable bonds is 6. The maximum Gasteiger partial charge on any atom is 0.242 e. The van der Waals surface area contributed by atoms with E-state index in [1.165, 1.54) is 29.5 Å². The molecule has 2 aromatic carbocycles. The highest BCUT2D eigenvalue weighted by molar-refractivity contribution is 8.15. The quantitative estimate of drug-likeness (QED) is 0.739. The van der Waals surface area contributed by atoms with Crippen LogP contribution < -0.4 is 5.32 Å². The Labute approximate surface area is 174 Å². The zero-order valence-corrected chi connectivity index (χ0v) is 17.6. The molecule has 1 aliphatic rings. The highest BCUT2D eigenvalue weighted by Crippen LogP contribution is 2.32. The van der Waals surface area contributed by atoms with Crippen molar-refractivity contribution in [3.63, 3.8) is 0 Å². The molecule has 0 saturated carbocycles. The summed E-state index contributed by atoms with van der Waals surface area (Å²) >= 11 is 1.29. The lowest BCUT2D eigenvalue weighted by Crippen LogP contribution is -2.34. The number of thioether (sulfide) groups is 1. The van der Waals surface area contributed by atoms with E-state index in [0.717, 1.165) is 17.7 Å². The summed E-state index contributed by atoms with van der Waals surface area (Å²) in [7, 11) is 0. The summed E-state index contributed by atoms with van der Waals surface area (Å²) in [5.41, 5.74) is 3.20. The highest BCUT2D eigenvalue weighted by Gasteiger charge is 2.38. The standard InChI is InChI=1S/C22H24FN3O2S/c1-4-11-26-21(28)19(13-20(27)25-18-8-6-5-7-17(18)23)29-22(26)24-16-10-9-14(2)15(3)12-16/h5-10,12,19H,4,11,13H2,1-3H3,(H,25,27)/t19-/m0/s1. The van der Waals surface area contributed by atoms with Crippen LogP contribution >= 0.6 is 11.8 Å². The van der Waals surface area contributed by atoms with Crippen LogP contribution in [0.3, 0.4) is 0 Å². The van der Waals surface area contributed by atoms with Crippen LogP contribution in [-0.2, 0) is 9.59 Å². The van der Waals surface area contributed by atoms with E-state index in [0.29, 0.717) is 11.7 Å². The van der Waals surface area contributed by atoms with Crippen LogP contribution in [0.25, 0.3) is 0 Å². The predicted molar refractivity (Wildman–Crippen MR) is 116 cm³/mol. The second kappa shape index (κ2) is 9.22. The minimum absolute atomic E-state index is 0.0377. The molecule has 2 aromatic rings. The Morgan fingerprint density at radius 2 is 1.97 bits per heavy atom. The summed E-state index contributed by atoms with van der Waals surface area (Å²) in [4.78, 5) is 31.5. The Hall–Kier alpha value is -2.67. The first-order chi connectivity index (χ1) is 13.9. The summed E-state index contributed by atoms with van der Waals surface area (Å²) in [5.74, 6) is -1.04. The number of hydrogen-bond donors (Lipinski definition) is 1. The first-order valence-electron chi connectivity index (χ1n) is 9.57. The van der Waals surface area contributed by atoms with Gasteiger partial charge in [-0.25, -0.2) is 9.38 Å². The molecule has 2 amide bonds. The number of carbonyl (C=O) groups is 2. The number of carbonyl (C=O) groups excluding carboxylic acids is 2. The lowest BCUT2D eigenvalue weighted by atomic mass is 10.1. The molecule has 0 bridgehead atoms. The predicted octanol–water partition coefficient (Wildman–Crippen LogP) is 4.81. The Morgan fingerprint density at radius 1 is 1.21 bits per heavy atom. The van der Waals surface area contributed by atoms with Gasteiger partial charge in [0.05, 0.1) is 11.4 Å². The number of aryl methyl sites for hydroxylation is 2. The molecule has 7 heteroatoms. The number of nitrogens with one attached hydrogen (secondary N) is 1. The number of hydrogen-bond acceptors (Lipinski definition) is 4. The number of anilines is 1. The molecule has 152 valence electrons. The normalized spacial score (nSPS) is 17.8. The maximum absolute atomic E-state index is 13.8. The van der Waals surface area contributed by atoms with Crippen molar-refractivity contribution in [2.45, 2.75) is 38.9 Å². The third-order valence-electron chi connectivity index (χ3n) is 4.70. The minimum Gasteiger partial charge on any atom is -0.324 e. The Bertz CT molecular complexity index is 961. The van der Waals surface area contributed by atoms with Gasteiger partial charge in [0.2, 0.25) is 11.8 Å². The molecule has 29 heavy (non-hydrogen) atoms. The first-order valence-corrected chi connectivity index (χ1v) is 10.5. The average Bonchev–Trinajstić information content (AvgIpc) is 2.95. The largest absolute Gasteiger partial charge is 0.324 e. The van der Waals surface area contributed by atoms with Gasteiger partial charge in [0, 0.05) is 13.0 Å². The van der Waals surface area contributed by atoms with Gasteiger partial charge in [-0.1, -0.05) is 36.9 Å². The number of aliphatic imine (C=N–C) groups is 1. The Balaban J connectivity index is 1.76. The third-order valence-corrected chi connectivity index (χ3v) is 5.88. The molecule has 3 rings (SSSR count). The van der Waals surface area contributed by atoms with Crippen LogP contribution in [0.2, 0.25) is 0 Å². The van der Waals surface area contributed by atoms with Crippen molar-refractivity contribution < 1.29 is 14.0 Å². The van der Waals surface area contributed by atoms with Crippen molar-refractivity contribution in [1.29, 1.82) is 0 Å². The van der Waals surface area contributed by atoms with Gasteiger partial charge in [0.1, 0.15) is 11.1 Å². The van der Waals surface area contributed by atoms with E-state index < -0.39 is 17.0 Å². The van der Waals surface area contributed by atoms with Crippen molar-refractivity contribution in [2.75, 3.05) is 11.9 Å². The summed E-state index contributed by atoms with van der Waals surface area (Å²) < 4.78 is 13.8. The van der Waals surface area contributed by atoms with E-state index in [2.05, 4.69) is 10.3 Å². The van der Waals surface area contributed by atoms with Crippen LogP contribution in [0, 0.1) is 19.7 Å². The molecule has 0 aliphatic carbocycles. The summed E-state index contributed by atoms with van der Waals surface area (Å²) in [6, 6.07) is 11.9. The maximum atomic E-state index is 13.8. The van der Waals surface area contributed by atoms with E-state index in [4.69, 9.17) is 0 Å². The van der Waals surface area contributed by atoms with E-state index in [-0.39, 0.29) is 18.0 Å². The van der Waals surface area contributed by atoms with Gasteiger partial charge in [0.25, 0.3) is 0 Å². The molecule has 0 radical (unpaired) electrons. The van der Waals surface area contributed by atoms with Crippen molar-refractivity contribution in [1.82, 2.24) is 4.90 Å². The molecule has 0 spiro atoms. The molecule has 5 nitrogen and oxygen atoms in total. The van der Waals surface area contributed by atoms with Crippen molar-refractivity contribution >= 4 is 40.1 Å². The Morgan fingerprint density at radius 3 is 2.66 bits per heavy atom. The van der Waals surface area contributed by atoms with Gasteiger partial charge in [-0.3, -0.25) is 14.5 Å². The fraction of sp³-hybridized carbons (Fsp3) is 0.318. The van der Waals surface area contributed by atoms with Crippen LogP contribution in [0.4, 0.5) is 15.8 Å². The van der Waals surface area contributed by atoms with Crippen molar-refractivity contribution in [3.8, 4) is 0 Å². The fourth-order valence-electron chi connectivity index (χ4n) is 2.99. The van der Waals surface area contributed by atoms with Gasteiger partial charge in [0.15, 0.2) is 5.17 Å². The number of para-hydroxylation sites is 1. The Kier molecular flexibility index (Phi) is 6.69.